The van der Waals surface area contributed by atoms with Crippen LogP contribution in [0.3, 0.4) is 0 Å². The molecule has 6 aromatic carbocycles. The third-order valence-corrected chi connectivity index (χ3v) is 10.9. The van der Waals surface area contributed by atoms with Gasteiger partial charge < -0.3 is 9.52 Å². The Kier molecular flexibility index (Phi) is 9.36. The van der Waals surface area contributed by atoms with E-state index in [4.69, 9.17) is 19.4 Å². The fourth-order valence-corrected chi connectivity index (χ4v) is 7.72. The van der Waals surface area contributed by atoms with Gasteiger partial charge >= 0.3 is 0 Å². The number of phenols is 1. The molecular formula is C53H46N4O2. The first-order valence-electron chi connectivity index (χ1n) is 20.1. The quantitative estimate of drug-likeness (QED) is 0.174. The third-order valence-electron chi connectivity index (χ3n) is 10.9. The minimum Gasteiger partial charge on any atom is -0.507 e. The van der Waals surface area contributed by atoms with Gasteiger partial charge in [0.05, 0.1) is 0 Å². The number of nitrogens with zero attached hydrogens (tertiary/aromatic N) is 4. The van der Waals surface area contributed by atoms with Gasteiger partial charge in [-0.05, 0) is 99.3 Å². The normalized spacial score (nSPS) is 12.0. The second-order valence-corrected chi connectivity index (χ2v) is 17.2. The molecular weight excluding hydrogens is 725 g/mol. The maximum Gasteiger partial charge on any atom is 0.180 e. The first-order chi connectivity index (χ1) is 28.4. The van der Waals surface area contributed by atoms with Gasteiger partial charge in [0.1, 0.15) is 28.4 Å². The summed E-state index contributed by atoms with van der Waals surface area (Å²) in [6.45, 7) is 12.9. The van der Waals surface area contributed by atoms with Crippen molar-refractivity contribution >= 4 is 39.3 Å². The van der Waals surface area contributed by atoms with E-state index in [0.717, 1.165) is 61.5 Å². The number of phenolic OH excluding ortho intramolecular Hbond substituents is 1. The molecule has 0 amide bonds. The lowest BCUT2D eigenvalue weighted by Crippen LogP contribution is -2.17. The van der Waals surface area contributed by atoms with Crippen LogP contribution in [0, 0.1) is 0 Å². The fourth-order valence-electron chi connectivity index (χ4n) is 7.72. The molecule has 0 radical (unpaired) electrons. The van der Waals surface area contributed by atoms with Gasteiger partial charge in [-0.2, -0.15) is 0 Å². The van der Waals surface area contributed by atoms with Gasteiger partial charge in [-0.1, -0.05) is 139 Å². The van der Waals surface area contributed by atoms with Gasteiger partial charge in [-0.15, -0.1) is 0 Å². The van der Waals surface area contributed by atoms with E-state index < -0.39 is 0 Å². The number of aromatic nitrogens is 3. The van der Waals surface area contributed by atoms with Gasteiger partial charge in [-0.3, -0.25) is 4.90 Å². The van der Waals surface area contributed by atoms with Crippen LogP contribution in [0.25, 0.3) is 67.0 Å². The minimum atomic E-state index is -0.337. The molecule has 0 spiro atoms. The Labute approximate surface area is 345 Å². The van der Waals surface area contributed by atoms with E-state index in [0.29, 0.717) is 33.8 Å². The molecule has 9 aromatic rings. The first-order valence-corrected chi connectivity index (χ1v) is 20.1. The maximum atomic E-state index is 12.2. The molecule has 9 rings (SSSR count). The highest BCUT2D eigenvalue weighted by atomic mass is 16.3. The number of hydrogen-bond donors (Lipinski definition) is 1. The minimum absolute atomic E-state index is 0.191. The number of para-hydroxylation sites is 1. The predicted octanol–water partition coefficient (Wildman–Crippen LogP) is 14.2. The van der Waals surface area contributed by atoms with E-state index in [1.54, 1.807) is 0 Å². The summed E-state index contributed by atoms with van der Waals surface area (Å²) in [6, 6.07) is 53.9. The lowest BCUT2D eigenvalue weighted by Gasteiger charge is -2.27. The van der Waals surface area contributed by atoms with Gasteiger partial charge in [0.25, 0.3) is 0 Å². The molecule has 0 unspecified atom stereocenters. The lowest BCUT2D eigenvalue weighted by molar-refractivity contribution is 0.446. The molecule has 0 aliphatic carbocycles. The Morgan fingerprint density at radius 3 is 1.83 bits per heavy atom. The van der Waals surface area contributed by atoms with Crippen LogP contribution in [-0.2, 0) is 10.8 Å². The number of benzene rings is 6. The number of fused-ring (bicyclic) bond motifs is 3. The average molecular weight is 771 g/mol. The van der Waals surface area contributed by atoms with Crippen molar-refractivity contribution in [1.82, 2.24) is 15.0 Å². The Morgan fingerprint density at radius 1 is 0.542 bits per heavy atom. The van der Waals surface area contributed by atoms with Crippen LogP contribution in [0.15, 0.2) is 168 Å². The summed E-state index contributed by atoms with van der Waals surface area (Å²) in [4.78, 5) is 17.7. The molecule has 0 bridgehead atoms. The predicted molar refractivity (Wildman–Crippen MR) is 243 cm³/mol. The Morgan fingerprint density at radius 2 is 1.17 bits per heavy atom. The van der Waals surface area contributed by atoms with Crippen molar-refractivity contribution in [3.05, 3.63) is 175 Å². The zero-order valence-electron chi connectivity index (χ0n) is 34.2. The van der Waals surface area contributed by atoms with Crippen LogP contribution < -0.4 is 4.90 Å². The SMILES string of the molecule is CC(C)(C)c1cc(-c2nc(-c3cc(-c4ccccc4)cc(N(c4ccc(-c5ccccc5)cc4)c4ccccn4)c3)nc3c2oc2ccccc23)c(O)c(C(C)(C)C)c1. The van der Waals surface area contributed by atoms with E-state index in [-0.39, 0.29) is 16.6 Å². The number of aromatic hydroxyl groups is 1. The molecule has 59 heavy (non-hydrogen) atoms. The lowest BCUT2D eigenvalue weighted by atomic mass is 9.78. The summed E-state index contributed by atoms with van der Waals surface area (Å²) >= 11 is 0. The fraction of sp³-hybridized carbons (Fsp3) is 0.151. The molecule has 1 N–H and O–H groups in total. The largest absolute Gasteiger partial charge is 0.507 e. The number of rotatable bonds is 7. The average Bonchev–Trinajstić information content (AvgIpc) is 3.63. The Balaban J connectivity index is 1.31. The molecule has 6 nitrogen and oxygen atoms in total. The van der Waals surface area contributed by atoms with Crippen LogP contribution in [0.1, 0.15) is 52.7 Å². The van der Waals surface area contributed by atoms with Gasteiger partial charge in [0.15, 0.2) is 11.4 Å². The van der Waals surface area contributed by atoms with E-state index in [2.05, 4.69) is 150 Å². The summed E-state index contributed by atoms with van der Waals surface area (Å²) in [5.41, 5.74) is 11.5. The summed E-state index contributed by atoms with van der Waals surface area (Å²) < 4.78 is 6.59. The topological polar surface area (TPSA) is 75.3 Å². The van der Waals surface area contributed by atoms with Crippen molar-refractivity contribution < 1.29 is 9.52 Å². The molecule has 290 valence electrons. The van der Waals surface area contributed by atoms with Crippen LogP contribution >= 0.6 is 0 Å². The van der Waals surface area contributed by atoms with Crippen LogP contribution in [0.2, 0.25) is 0 Å². The van der Waals surface area contributed by atoms with Crippen LogP contribution in [-0.4, -0.2) is 20.1 Å². The van der Waals surface area contributed by atoms with Crippen LogP contribution in [0.5, 0.6) is 5.75 Å². The molecule has 0 aliphatic heterocycles. The Bertz CT molecular complexity index is 2940. The number of hydrogen-bond acceptors (Lipinski definition) is 6. The second-order valence-electron chi connectivity index (χ2n) is 17.2. The zero-order chi connectivity index (χ0) is 40.9. The zero-order valence-corrected chi connectivity index (χ0v) is 34.2. The molecule has 3 aromatic heterocycles. The van der Waals surface area contributed by atoms with Crippen molar-refractivity contribution in [3.8, 4) is 50.6 Å². The highest BCUT2D eigenvalue weighted by Crippen LogP contribution is 2.46. The van der Waals surface area contributed by atoms with Crippen molar-refractivity contribution in [3.63, 3.8) is 0 Å². The molecule has 0 aliphatic rings. The van der Waals surface area contributed by atoms with E-state index in [1.165, 1.54) is 0 Å². The molecule has 6 heteroatoms. The molecule has 3 heterocycles. The van der Waals surface area contributed by atoms with E-state index in [9.17, 15) is 5.11 Å². The summed E-state index contributed by atoms with van der Waals surface area (Å²) in [6.07, 6.45) is 1.82. The van der Waals surface area contributed by atoms with E-state index >= 15 is 0 Å². The standard InChI is InChI=1S/C53H46N4O2/c1-52(2,3)39-32-43(49(58)44(33-39)53(4,5)6)48-50-47(42-21-13-14-22-45(42)59-50)55-51(56-48)38-29-37(35-19-11-8-12-20-35)30-41(31-38)57(46-23-15-16-28-54-46)40-26-24-36(25-27-40)34-17-9-7-10-18-34/h7-33,58H,1-6H3. The Hall–Kier alpha value is -7.05. The highest BCUT2D eigenvalue weighted by Gasteiger charge is 2.29. The van der Waals surface area contributed by atoms with Gasteiger partial charge in [0.2, 0.25) is 0 Å². The third kappa shape index (κ3) is 7.23. The summed E-state index contributed by atoms with van der Waals surface area (Å²) in [5, 5.41) is 13.1. The monoisotopic (exact) mass is 770 g/mol. The van der Waals surface area contributed by atoms with Crippen LogP contribution in [0.4, 0.5) is 17.2 Å². The molecule has 0 fully saturated rings. The molecule has 0 saturated carbocycles. The number of pyridine rings is 1. The molecule has 0 atom stereocenters. The van der Waals surface area contributed by atoms with Crippen molar-refractivity contribution in [1.29, 1.82) is 0 Å². The van der Waals surface area contributed by atoms with Crippen molar-refractivity contribution in [2.45, 2.75) is 52.4 Å². The molecule has 0 saturated heterocycles. The summed E-state index contributed by atoms with van der Waals surface area (Å²) in [5.74, 6) is 1.47. The maximum absolute atomic E-state index is 12.2. The first kappa shape index (κ1) is 37.5. The van der Waals surface area contributed by atoms with Crippen molar-refractivity contribution in [2.24, 2.45) is 0 Å². The van der Waals surface area contributed by atoms with Crippen molar-refractivity contribution in [2.75, 3.05) is 4.90 Å². The number of furan rings is 1. The van der Waals surface area contributed by atoms with Gasteiger partial charge in [0, 0.05) is 39.6 Å². The highest BCUT2D eigenvalue weighted by molar-refractivity contribution is 6.07. The second kappa shape index (κ2) is 14.7. The summed E-state index contributed by atoms with van der Waals surface area (Å²) in [7, 11) is 0. The smallest absolute Gasteiger partial charge is 0.180 e. The number of anilines is 3. The van der Waals surface area contributed by atoms with Gasteiger partial charge in [-0.25, -0.2) is 15.0 Å². The van der Waals surface area contributed by atoms with E-state index in [1.807, 2.05) is 60.8 Å².